The number of pyridine rings is 1. The van der Waals surface area contributed by atoms with Crippen molar-refractivity contribution in [1.29, 1.82) is 0 Å². The van der Waals surface area contributed by atoms with E-state index in [2.05, 4.69) is 24.1 Å². The lowest BCUT2D eigenvalue weighted by Crippen LogP contribution is -2.49. The SMILES string of the molecule is CN1CCN(C(=O)c2cc[n+]([O-])cc2)[C@@H](c2ccccc2)C1. The van der Waals surface area contributed by atoms with Crippen molar-refractivity contribution in [3.8, 4) is 0 Å². The number of likely N-dealkylation sites (N-methyl/N-ethyl adjacent to an activating group) is 1. The summed E-state index contributed by atoms with van der Waals surface area (Å²) in [4.78, 5) is 16.9. The molecule has 2 heterocycles. The Morgan fingerprint density at radius 2 is 1.82 bits per heavy atom. The standard InChI is InChI=1S/C17H19N3O2/c1-18-11-12-20(16(13-18)14-5-3-2-4-6-14)17(21)15-7-9-19(22)10-8-15/h2-10,16H,11-13H2,1H3/t16-/m1/s1. The maximum Gasteiger partial charge on any atom is 0.254 e. The number of hydrogen-bond donors (Lipinski definition) is 0. The summed E-state index contributed by atoms with van der Waals surface area (Å²) < 4.78 is 0.690. The second-order valence-electron chi connectivity index (χ2n) is 5.63. The van der Waals surface area contributed by atoms with Crippen LogP contribution in [0, 0.1) is 5.21 Å². The highest BCUT2D eigenvalue weighted by molar-refractivity contribution is 5.94. The van der Waals surface area contributed by atoms with Gasteiger partial charge < -0.3 is 15.0 Å². The summed E-state index contributed by atoms with van der Waals surface area (Å²) in [6, 6.07) is 13.3. The molecule has 0 bridgehead atoms. The lowest BCUT2D eigenvalue weighted by Gasteiger charge is -2.40. The zero-order valence-corrected chi connectivity index (χ0v) is 12.6. The van der Waals surface area contributed by atoms with Crippen molar-refractivity contribution in [3.63, 3.8) is 0 Å². The molecule has 0 aliphatic carbocycles. The van der Waals surface area contributed by atoms with Crippen molar-refractivity contribution in [2.75, 3.05) is 26.7 Å². The quantitative estimate of drug-likeness (QED) is 0.623. The number of benzene rings is 1. The highest BCUT2D eigenvalue weighted by Crippen LogP contribution is 2.26. The third kappa shape index (κ3) is 2.94. The first-order chi connectivity index (χ1) is 10.6. The van der Waals surface area contributed by atoms with Gasteiger partial charge >= 0.3 is 0 Å². The lowest BCUT2D eigenvalue weighted by atomic mass is 10.0. The van der Waals surface area contributed by atoms with E-state index in [0.717, 1.165) is 18.7 Å². The van der Waals surface area contributed by atoms with Crippen molar-refractivity contribution < 1.29 is 9.52 Å². The van der Waals surface area contributed by atoms with Crippen LogP contribution in [0.25, 0.3) is 0 Å². The maximum absolute atomic E-state index is 12.8. The molecule has 1 aliphatic heterocycles. The van der Waals surface area contributed by atoms with Gasteiger partial charge in [-0.15, -0.1) is 0 Å². The van der Waals surface area contributed by atoms with Gasteiger partial charge in [0, 0.05) is 31.8 Å². The minimum atomic E-state index is -0.0254. The molecule has 0 radical (unpaired) electrons. The molecule has 0 saturated carbocycles. The van der Waals surface area contributed by atoms with Gasteiger partial charge in [0.1, 0.15) is 0 Å². The van der Waals surface area contributed by atoms with Crippen LogP contribution in [-0.2, 0) is 0 Å². The highest BCUT2D eigenvalue weighted by Gasteiger charge is 2.30. The largest absolute Gasteiger partial charge is 0.619 e. The average Bonchev–Trinajstić information content (AvgIpc) is 2.56. The zero-order valence-electron chi connectivity index (χ0n) is 12.6. The van der Waals surface area contributed by atoms with Crippen molar-refractivity contribution in [2.24, 2.45) is 0 Å². The van der Waals surface area contributed by atoms with Crippen molar-refractivity contribution >= 4 is 5.91 Å². The second kappa shape index (κ2) is 6.15. The Bertz CT molecular complexity index is 643. The molecule has 1 aliphatic rings. The van der Waals surface area contributed by atoms with Gasteiger partial charge in [0.05, 0.1) is 11.6 Å². The fraction of sp³-hybridized carbons (Fsp3) is 0.294. The van der Waals surface area contributed by atoms with E-state index in [4.69, 9.17) is 0 Å². The molecule has 1 fully saturated rings. The molecule has 0 unspecified atom stereocenters. The molecule has 2 aromatic rings. The first-order valence-corrected chi connectivity index (χ1v) is 7.38. The Morgan fingerprint density at radius 3 is 2.50 bits per heavy atom. The van der Waals surface area contributed by atoms with Gasteiger partial charge in [-0.1, -0.05) is 30.3 Å². The van der Waals surface area contributed by atoms with E-state index < -0.39 is 0 Å². The van der Waals surface area contributed by atoms with Gasteiger partial charge in [0.25, 0.3) is 5.91 Å². The molecule has 22 heavy (non-hydrogen) atoms. The number of amides is 1. The summed E-state index contributed by atoms with van der Waals surface area (Å²) in [5, 5.41) is 11.1. The summed E-state index contributed by atoms with van der Waals surface area (Å²) in [7, 11) is 2.07. The van der Waals surface area contributed by atoms with Gasteiger partial charge in [-0.2, -0.15) is 4.73 Å². The monoisotopic (exact) mass is 297 g/mol. The summed E-state index contributed by atoms with van der Waals surface area (Å²) in [6.07, 6.45) is 2.72. The van der Waals surface area contributed by atoms with Gasteiger partial charge in [-0.3, -0.25) is 4.79 Å². The normalized spacial score (nSPS) is 19.1. The maximum atomic E-state index is 12.8. The first-order valence-electron chi connectivity index (χ1n) is 7.38. The summed E-state index contributed by atoms with van der Waals surface area (Å²) in [5.41, 5.74) is 1.69. The molecule has 3 rings (SSSR count). The number of piperazine rings is 1. The Morgan fingerprint density at radius 1 is 1.14 bits per heavy atom. The minimum absolute atomic E-state index is 0.0254. The number of aromatic nitrogens is 1. The molecule has 0 N–H and O–H groups in total. The van der Waals surface area contributed by atoms with Crippen LogP contribution in [-0.4, -0.2) is 42.4 Å². The van der Waals surface area contributed by atoms with Crippen LogP contribution in [0.1, 0.15) is 22.0 Å². The molecular weight excluding hydrogens is 278 g/mol. The van der Waals surface area contributed by atoms with E-state index in [-0.39, 0.29) is 11.9 Å². The van der Waals surface area contributed by atoms with Crippen molar-refractivity contribution in [3.05, 3.63) is 71.2 Å². The molecule has 1 amide bonds. The smallest absolute Gasteiger partial charge is 0.254 e. The van der Waals surface area contributed by atoms with E-state index >= 15 is 0 Å². The molecule has 0 spiro atoms. The van der Waals surface area contributed by atoms with Crippen LogP contribution in [0.3, 0.4) is 0 Å². The van der Waals surface area contributed by atoms with Crippen LogP contribution in [0.15, 0.2) is 54.9 Å². The van der Waals surface area contributed by atoms with Gasteiger partial charge in [-0.25, -0.2) is 0 Å². The predicted octanol–water partition coefficient (Wildman–Crippen LogP) is 1.45. The molecule has 1 aromatic carbocycles. The molecule has 5 nitrogen and oxygen atoms in total. The Labute approximate surface area is 130 Å². The van der Waals surface area contributed by atoms with E-state index in [1.807, 2.05) is 23.1 Å². The van der Waals surface area contributed by atoms with Crippen molar-refractivity contribution in [2.45, 2.75) is 6.04 Å². The van der Waals surface area contributed by atoms with Crippen LogP contribution < -0.4 is 4.73 Å². The lowest BCUT2D eigenvalue weighted by molar-refractivity contribution is -0.605. The molecule has 1 saturated heterocycles. The predicted molar refractivity (Wildman–Crippen MR) is 83.1 cm³/mol. The Kier molecular flexibility index (Phi) is 4.06. The van der Waals surface area contributed by atoms with E-state index in [1.165, 1.54) is 12.4 Å². The van der Waals surface area contributed by atoms with E-state index in [0.29, 0.717) is 16.8 Å². The third-order valence-corrected chi connectivity index (χ3v) is 4.08. The molecule has 5 heteroatoms. The molecule has 1 aromatic heterocycles. The Hall–Kier alpha value is -2.40. The summed E-state index contributed by atoms with van der Waals surface area (Å²) >= 11 is 0. The average molecular weight is 297 g/mol. The first kappa shape index (κ1) is 14.5. The van der Waals surface area contributed by atoms with Crippen LogP contribution in [0.2, 0.25) is 0 Å². The number of nitrogens with zero attached hydrogens (tertiary/aromatic N) is 3. The minimum Gasteiger partial charge on any atom is -0.619 e. The number of carbonyl (C=O) groups excluding carboxylic acids is 1. The Balaban J connectivity index is 1.89. The van der Waals surface area contributed by atoms with Crippen LogP contribution in [0.4, 0.5) is 0 Å². The van der Waals surface area contributed by atoms with Gasteiger partial charge in [0.15, 0.2) is 12.4 Å². The molecule has 114 valence electrons. The van der Waals surface area contributed by atoms with E-state index in [1.54, 1.807) is 12.1 Å². The second-order valence-corrected chi connectivity index (χ2v) is 5.63. The van der Waals surface area contributed by atoms with Crippen LogP contribution >= 0.6 is 0 Å². The summed E-state index contributed by atoms with van der Waals surface area (Å²) in [5.74, 6) is -0.0254. The number of carbonyl (C=O) groups is 1. The molecular formula is C17H19N3O2. The fourth-order valence-corrected chi connectivity index (χ4v) is 2.84. The summed E-state index contributed by atoms with van der Waals surface area (Å²) in [6.45, 7) is 2.34. The fourth-order valence-electron chi connectivity index (χ4n) is 2.84. The van der Waals surface area contributed by atoms with E-state index in [9.17, 15) is 10.0 Å². The van der Waals surface area contributed by atoms with Crippen LogP contribution in [0.5, 0.6) is 0 Å². The third-order valence-electron chi connectivity index (χ3n) is 4.08. The van der Waals surface area contributed by atoms with Gasteiger partial charge in [-0.05, 0) is 12.6 Å². The van der Waals surface area contributed by atoms with Gasteiger partial charge in [0.2, 0.25) is 0 Å². The number of hydrogen-bond acceptors (Lipinski definition) is 3. The number of rotatable bonds is 2. The molecule has 1 atom stereocenters. The highest BCUT2D eigenvalue weighted by atomic mass is 16.5. The topological polar surface area (TPSA) is 50.5 Å². The zero-order chi connectivity index (χ0) is 15.5. The van der Waals surface area contributed by atoms with Crippen molar-refractivity contribution in [1.82, 2.24) is 9.80 Å².